The van der Waals surface area contributed by atoms with Crippen LogP contribution in [-0.2, 0) is 0 Å². The molecule has 1 fully saturated rings. The van der Waals surface area contributed by atoms with Crippen molar-refractivity contribution in [2.24, 2.45) is 0 Å². The van der Waals surface area contributed by atoms with Gasteiger partial charge in [-0.25, -0.2) is 0 Å². The second-order valence-electron chi connectivity index (χ2n) is 6.23. The van der Waals surface area contributed by atoms with Crippen LogP contribution in [0.5, 0.6) is 17.2 Å². The molecular formula is C20H20O2S. The highest BCUT2D eigenvalue weighted by atomic mass is 32.1. The topological polar surface area (TPSA) is 29.5 Å². The molecule has 2 nitrogen and oxygen atoms in total. The maximum absolute atomic E-state index is 9.70. The number of benzene rings is 2. The van der Waals surface area contributed by atoms with Gasteiger partial charge in [-0.1, -0.05) is 37.5 Å². The van der Waals surface area contributed by atoms with Gasteiger partial charge in [-0.2, -0.15) is 0 Å². The van der Waals surface area contributed by atoms with E-state index in [2.05, 4.69) is 24.3 Å². The van der Waals surface area contributed by atoms with Crippen molar-refractivity contribution in [2.45, 2.75) is 38.0 Å². The molecule has 1 saturated carbocycles. The third-order valence-electron chi connectivity index (χ3n) is 4.59. The lowest BCUT2D eigenvalue weighted by Crippen LogP contribution is -2.03. The third-order valence-corrected chi connectivity index (χ3v) is 5.90. The van der Waals surface area contributed by atoms with E-state index < -0.39 is 0 Å². The van der Waals surface area contributed by atoms with Crippen molar-refractivity contribution in [2.75, 3.05) is 0 Å². The van der Waals surface area contributed by atoms with Crippen molar-refractivity contribution in [1.29, 1.82) is 0 Å². The largest absolute Gasteiger partial charge is 0.508 e. The van der Waals surface area contributed by atoms with Gasteiger partial charge in [0.25, 0.3) is 0 Å². The fraction of sp³-hybridized carbons (Fsp3) is 0.300. The lowest BCUT2D eigenvalue weighted by molar-refractivity contribution is 0.424. The number of phenolic OH excluding ortho intramolecular Hbond substituents is 1. The third kappa shape index (κ3) is 2.93. The molecule has 1 aliphatic rings. The monoisotopic (exact) mass is 324 g/mol. The second-order valence-corrected chi connectivity index (χ2v) is 7.31. The van der Waals surface area contributed by atoms with Crippen LogP contribution in [0, 0.1) is 0 Å². The average Bonchev–Trinajstić information content (AvgIpc) is 2.95. The van der Waals surface area contributed by atoms with E-state index in [-0.39, 0.29) is 5.75 Å². The Bertz CT molecular complexity index is 815. The van der Waals surface area contributed by atoms with Gasteiger partial charge < -0.3 is 9.84 Å². The first-order valence-electron chi connectivity index (χ1n) is 8.29. The summed E-state index contributed by atoms with van der Waals surface area (Å²) in [5, 5.41) is 10.9. The molecule has 0 bridgehead atoms. The van der Waals surface area contributed by atoms with E-state index in [1.165, 1.54) is 47.1 Å². The highest BCUT2D eigenvalue weighted by Gasteiger charge is 2.24. The Morgan fingerprint density at radius 1 is 0.957 bits per heavy atom. The van der Waals surface area contributed by atoms with Crippen LogP contribution in [0.1, 0.15) is 42.9 Å². The Morgan fingerprint density at radius 3 is 2.61 bits per heavy atom. The van der Waals surface area contributed by atoms with E-state index in [0.29, 0.717) is 11.7 Å². The second kappa shape index (κ2) is 6.25. The van der Waals surface area contributed by atoms with Gasteiger partial charge in [0.05, 0.1) is 4.88 Å². The minimum atomic E-state index is 0.237. The zero-order valence-electron chi connectivity index (χ0n) is 13.0. The molecule has 0 radical (unpaired) electrons. The highest BCUT2D eigenvalue weighted by Crippen LogP contribution is 2.48. The maximum Gasteiger partial charge on any atom is 0.149 e. The van der Waals surface area contributed by atoms with E-state index in [1.807, 2.05) is 23.5 Å². The summed E-state index contributed by atoms with van der Waals surface area (Å²) in [6, 6.07) is 15.5. The molecule has 0 amide bonds. The highest BCUT2D eigenvalue weighted by molar-refractivity contribution is 7.19. The van der Waals surface area contributed by atoms with Gasteiger partial charge in [0.2, 0.25) is 0 Å². The molecule has 0 aliphatic heterocycles. The maximum atomic E-state index is 9.70. The van der Waals surface area contributed by atoms with Gasteiger partial charge >= 0.3 is 0 Å². The molecule has 0 unspecified atom stereocenters. The summed E-state index contributed by atoms with van der Waals surface area (Å²) < 4.78 is 7.53. The van der Waals surface area contributed by atoms with E-state index in [9.17, 15) is 5.11 Å². The van der Waals surface area contributed by atoms with Gasteiger partial charge in [-0.15, -0.1) is 11.3 Å². The van der Waals surface area contributed by atoms with E-state index in [1.54, 1.807) is 12.1 Å². The van der Waals surface area contributed by atoms with Crippen LogP contribution in [0.15, 0.2) is 48.5 Å². The fourth-order valence-corrected chi connectivity index (χ4v) is 4.75. The lowest BCUT2D eigenvalue weighted by atomic mass is 9.88. The standard InChI is InChI=1S/C20H20O2S/c21-15-9-6-10-16(13-15)22-19-17-11-4-5-12-18(17)23-20(19)14-7-2-1-3-8-14/h4-6,9-14,21H,1-3,7-8H2. The molecule has 3 heteroatoms. The first kappa shape index (κ1) is 14.6. The van der Waals surface area contributed by atoms with Crippen LogP contribution in [0.4, 0.5) is 0 Å². The van der Waals surface area contributed by atoms with Crippen molar-refractivity contribution in [3.05, 3.63) is 53.4 Å². The van der Waals surface area contributed by atoms with Crippen LogP contribution in [0.2, 0.25) is 0 Å². The normalized spacial score (nSPS) is 15.8. The zero-order chi connectivity index (χ0) is 15.6. The van der Waals surface area contributed by atoms with Gasteiger partial charge in [-0.3, -0.25) is 0 Å². The minimum absolute atomic E-state index is 0.237. The molecule has 1 aromatic heterocycles. The number of ether oxygens (including phenoxy) is 1. The summed E-state index contributed by atoms with van der Waals surface area (Å²) in [4.78, 5) is 1.37. The van der Waals surface area contributed by atoms with Crippen molar-refractivity contribution in [3.8, 4) is 17.2 Å². The molecule has 118 valence electrons. The molecule has 1 heterocycles. The summed E-state index contributed by atoms with van der Waals surface area (Å²) in [6.45, 7) is 0. The van der Waals surface area contributed by atoms with Crippen LogP contribution in [0.25, 0.3) is 10.1 Å². The van der Waals surface area contributed by atoms with Crippen molar-refractivity contribution < 1.29 is 9.84 Å². The van der Waals surface area contributed by atoms with Crippen LogP contribution in [0.3, 0.4) is 0 Å². The Hall–Kier alpha value is -2.00. The molecule has 0 saturated heterocycles. The van der Waals surface area contributed by atoms with Gasteiger partial charge in [-0.05, 0) is 43.0 Å². The Balaban J connectivity index is 1.79. The first-order chi connectivity index (χ1) is 11.3. The number of aromatic hydroxyl groups is 1. The minimum Gasteiger partial charge on any atom is -0.508 e. The molecule has 1 aliphatic carbocycles. The molecular weight excluding hydrogens is 304 g/mol. The van der Waals surface area contributed by atoms with Gasteiger partial charge in [0.1, 0.15) is 17.2 Å². The molecule has 0 atom stereocenters. The summed E-state index contributed by atoms with van der Waals surface area (Å²) in [5.74, 6) is 2.53. The molecule has 23 heavy (non-hydrogen) atoms. The number of hydrogen-bond acceptors (Lipinski definition) is 3. The van der Waals surface area contributed by atoms with Crippen LogP contribution in [-0.4, -0.2) is 5.11 Å². The Kier molecular flexibility index (Phi) is 3.96. The van der Waals surface area contributed by atoms with Crippen LogP contribution < -0.4 is 4.74 Å². The van der Waals surface area contributed by atoms with Gasteiger partial charge in [0, 0.05) is 16.2 Å². The lowest BCUT2D eigenvalue weighted by Gasteiger charge is -2.21. The average molecular weight is 324 g/mol. The Morgan fingerprint density at radius 2 is 1.78 bits per heavy atom. The van der Waals surface area contributed by atoms with Crippen LogP contribution >= 0.6 is 11.3 Å². The van der Waals surface area contributed by atoms with Crippen molar-refractivity contribution in [3.63, 3.8) is 0 Å². The fourth-order valence-electron chi connectivity index (χ4n) is 3.44. The summed E-state index contributed by atoms with van der Waals surface area (Å²) in [6.07, 6.45) is 6.48. The van der Waals surface area contributed by atoms with Gasteiger partial charge in [0.15, 0.2) is 0 Å². The zero-order valence-corrected chi connectivity index (χ0v) is 13.8. The quantitative estimate of drug-likeness (QED) is 0.600. The van der Waals surface area contributed by atoms with E-state index >= 15 is 0 Å². The van der Waals surface area contributed by atoms with E-state index in [4.69, 9.17) is 4.74 Å². The number of hydrogen-bond donors (Lipinski definition) is 1. The smallest absolute Gasteiger partial charge is 0.149 e. The molecule has 0 spiro atoms. The van der Waals surface area contributed by atoms with Crippen molar-refractivity contribution >= 4 is 21.4 Å². The number of fused-ring (bicyclic) bond motifs is 1. The number of rotatable bonds is 3. The first-order valence-corrected chi connectivity index (χ1v) is 9.11. The summed E-state index contributed by atoms with van der Waals surface area (Å²) in [7, 11) is 0. The summed E-state index contributed by atoms with van der Waals surface area (Å²) in [5.41, 5.74) is 0. The number of phenols is 1. The number of thiophene rings is 1. The molecule has 4 rings (SSSR count). The van der Waals surface area contributed by atoms with Crippen molar-refractivity contribution in [1.82, 2.24) is 0 Å². The summed E-state index contributed by atoms with van der Waals surface area (Å²) >= 11 is 1.87. The SMILES string of the molecule is Oc1cccc(Oc2c(C3CCCCC3)sc3ccccc23)c1. The predicted molar refractivity (Wildman–Crippen MR) is 95.8 cm³/mol. The van der Waals surface area contributed by atoms with E-state index in [0.717, 1.165) is 5.75 Å². The Labute approximate surface area is 140 Å². The molecule has 1 N–H and O–H groups in total. The predicted octanol–water partition coefficient (Wildman–Crippen LogP) is 6.45. The molecule has 3 aromatic rings. The molecule has 2 aromatic carbocycles.